The van der Waals surface area contributed by atoms with Crippen LogP contribution >= 0.6 is 11.3 Å². The summed E-state index contributed by atoms with van der Waals surface area (Å²) in [7, 11) is 1.58. The van der Waals surface area contributed by atoms with Gasteiger partial charge in [0.2, 0.25) is 5.88 Å². The van der Waals surface area contributed by atoms with E-state index in [1.54, 1.807) is 24.5 Å². The summed E-state index contributed by atoms with van der Waals surface area (Å²) in [5, 5.41) is 5.24. The Bertz CT molecular complexity index is 432. The number of methoxy groups -OCH3 is 1. The zero-order chi connectivity index (χ0) is 11.2. The third-order valence-electron chi connectivity index (χ3n) is 2.02. The summed E-state index contributed by atoms with van der Waals surface area (Å²) in [4.78, 5) is 12.2. The Morgan fingerprint density at radius 3 is 3.06 bits per heavy atom. The van der Waals surface area contributed by atoms with Crippen molar-refractivity contribution in [1.29, 1.82) is 0 Å². The summed E-state index contributed by atoms with van der Waals surface area (Å²) in [6.45, 7) is 0.796. The van der Waals surface area contributed by atoms with E-state index in [1.807, 2.05) is 10.9 Å². The van der Waals surface area contributed by atoms with Gasteiger partial charge in [0.15, 0.2) is 0 Å². The fourth-order valence-electron chi connectivity index (χ4n) is 1.23. The van der Waals surface area contributed by atoms with Gasteiger partial charge < -0.3 is 10.1 Å². The van der Waals surface area contributed by atoms with Gasteiger partial charge in [0.25, 0.3) is 0 Å². The monoisotopic (exact) mass is 236 g/mol. The van der Waals surface area contributed by atoms with Crippen molar-refractivity contribution in [3.05, 3.63) is 29.0 Å². The maximum atomic E-state index is 5.01. The number of nitrogens with zero attached hydrogens (tertiary/aromatic N) is 3. The fraction of sp³-hybridized carbons (Fsp3) is 0.300. The quantitative estimate of drug-likeness (QED) is 0.854. The van der Waals surface area contributed by atoms with Crippen molar-refractivity contribution in [2.24, 2.45) is 0 Å². The Kier molecular flexibility index (Phi) is 3.66. The summed E-state index contributed by atoms with van der Waals surface area (Å²) in [6, 6.07) is 1.76. The zero-order valence-corrected chi connectivity index (χ0v) is 9.70. The van der Waals surface area contributed by atoms with Crippen LogP contribution in [0.15, 0.2) is 23.3 Å². The van der Waals surface area contributed by atoms with Crippen LogP contribution in [-0.2, 0) is 6.42 Å². The van der Waals surface area contributed by atoms with Crippen molar-refractivity contribution in [3.8, 4) is 5.88 Å². The first-order chi connectivity index (χ1) is 7.88. The van der Waals surface area contributed by atoms with E-state index in [2.05, 4.69) is 20.3 Å². The molecule has 1 N–H and O–H groups in total. The SMILES string of the molecule is COc1cc(NCCc2cscn2)ncn1. The number of rotatable bonds is 5. The summed E-state index contributed by atoms with van der Waals surface area (Å²) < 4.78 is 5.01. The predicted molar refractivity (Wildman–Crippen MR) is 62.9 cm³/mol. The molecule has 0 aliphatic rings. The van der Waals surface area contributed by atoms with Gasteiger partial charge in [0.1, 0.15) is 12.1 Å². The van der Waals surface area contributed by atoms with E-state index in [9.17, 15) is 0 Å². The van der Waals surface area contributed by atoms with Crippen LogP contribution in [0.1, 0.15) is 5.69 Å². The molecule has 0 spiro atoms. The van der Waals surface area contributed by atoms with E-state index >= 15 is 0 Å². The van der Waals surface area contributed by atoms with Gasteiger partial charge in [-0.3, -0.25) is 0 Å². The van der Waals surface area contributed by atoms with Crippen LogP contribution in [0, 0.1) is 0 Å². The van der Waals surface area contributed by atoms with Crippen LogP contribution in [0.2, 0.25) is 0 Å². The average molecular weight is 236 g/mol. The van der Waals surface area contributed by atoms with Crippen molar-refractivity contribution < 1.29 is 4.74 Å². The van der Waals surface area contributed by atoms with E-state index < -0.39 is 0 Å². The Morgan fingerprint density at radius 1 is 1.38 bits per heavy atom. The molecule has 0 saturated heterocycles. The van der Waals surface area contributed by atoms with Crippen LogP contribution in [0.25, 0.3) is 0 Å². The van der Waals surface area contributed by atoms with Crippen LogP contribution in [-0.4, -0.2) is 28.6 Å². The normalized spacial score (nSPS) is 10.1. The lowest BCUT2D eigenvalue weighted by molar-refractivity contribution is 0.397. The molecule has 2 heterocycles. The molecular weight excluding hydrogens is 224 g/mol. The van der Waals surface area contributed by atoms with Crippen LogP contribution in [0.4, 0.5) is 5.82 Å². The molecule has 16 heavy (non-hydrogen) atoms. The molecule has 2 aromatic heterocycles. The van der Waals surface area contributed by atoms with Crippen molar-refractivity contribution in [2.45, 2.75) is 6.42 Å². The Labute approximate surface area is 97.5 Å². The molecule has 0 atom stereocenters. The summed E-state index contributed by atoms with van der Waals surface area (Å²) in [5.74, 6) is 1.33. The molecule has 0 saturated carbocycles. The number of hydrogen-bond acceptors (Lipinski definition) is 6. The second-order valence-electron chi connectivity index (χ2n) is 3.10. The van der Waals surface area contributed by atoms with Gasteiger partial charge in [-0.05, 0) is 0 Å². The van der Waals surface area contributed by atoms with Gasteiger partial charge >= 0.3 is 0 Å². The molecule has 2 aromatic rings. The minimum atomic E-state index is 0.561. The minimum absolute atomic E-state index is 0.561. The Morgan fingerprint density at radius 2 is 2.31 bits per heavy atom. The van der Waals surface area contributed by atoms with E-state index in [0.717, 1.165) is 24.5 Å². The van der Waals surface area contributed by atoms with Crippen molar-refractivity contribution in [3.63, 3.8) is 0 Å². The zero-order valence-electron chi connectivity index (χ0n) is 8.88. The van der Waals surface area contributed by atoms with E-state index in [-0.39, 0.29) is 0 Å². The second kappa shape index (κ2) is 5.41. The highest BCUT2D eigenvalue weighted by molar-refractivity contribution is 7.07. The first kappa shape index (κ1) is 10.8. The van der Waals surface area contributed by atoms with Crippen molar-refractivity contribution in [2.75, 3.05) is 19.0 Å². The van der Waals surface area contributed by atoms with Crippen LogP contribution in [0.3, 0.4) is 0 Å². The minimum Gasteiger partial charge on any atom is -0.481 e. The third kappa shape index (κ3) is 2.90. The van der Waals surface area contributed by atoms with Crippen LogP contribution in [0.5, 0.6) is 5.88 Å². The molecule has 0 aliphatic carbocycles. The first-order valence-electron chi connectivity index (χ1n) is 4.85. The highest BCUT2D eigenvalue weighted by atomic mass is 32.1. The third-order valence-corrected chi connectivity index (χ3v) is 2.66. The standard InChI is InChI=1S/C10H12N4OS/c1-15-10-4-9(12-6-13-10)11-3-2-8-5-16-7-14-8/h4-7H,2-3H2,1H3,(H,11,12,13). The van der Waals surface area contributed by atoms with Gasteiger partial charge in [0, 0.05) is 24.4 Å². The van der Waals surface area contributed by atoms with Crippen molar-refractivity contribution in [1.82, 2.24) is 15.0 Å². The number of ether oxygens (including phenoxy) is 1. The lowest BCUT2D eigenvalue weighted by atomic mass is 10.3. The average Bonchev–Trinajstić information content (AvgIpc) is 2.82. The molecule has 6 heteroatoms. The predicted octanol–water partition coefficient (Wildman–Crippen LogP) is 1.60. The van der Waals surface area contributed by atoms with E-state index in [4.69, 9.17) is 4.74 Å². The van der Waals surface area contributed by atoms with Gasteiger partial charge in [-0.15, -0.1) is 11.3 Å². The largest absolute Gasteiger partial charge is 0.481 e. The van der Waals surface area contributed by atoms with Gasteiger partial charge in [-0.25, -0.2) is 15.0 Å². The fourth-order valence-corrected chi connectivity index (χ4v) is 1.82. The van der Waals surface area contributed by atoms with E-state index in [1.165, 1.54) is 6.33 Å². The molecule has 84 valence electrons. The molecule has 0 unspecified atom stereocenters. The lowest BCUT2D eigenvalue weighted by Crippen LogP contribution is -2.06. The van der Waals surface area contributed by atoms with E-state index in [0.29, 0.717) is 5.88 Å². The number of hydrogen-bond donors (Lipinski definition) is 1. The molecule has 0 bridgehead atoms. The lowest BCUT2D eigenvalue weighted by Gasteiger charge is -2.04. The van der Waals surface area contributed by atoms with Gasteiger partial charge in [0.05, 0.1) is 18.3 Å². The molecule has 2 rings (SSSR count). The highest BCUT2D eigenvalue weighted by Gasteiger charge is 1.98. The molecular formula is C10H12N4OS. The summed E-state index contributed by atoms with van der Waals surface area (Å²) in [5.41, 5.74) is 2.93. The molecule has 5 nitrogen and oxygen atoms in total. The molecule has 0 aliphatic heterocycles. The highest BCUT2D eigenvalue weighted by Crippen LogP contribution is 2.10. The summed E-state index contributed by atoms with van der Waals surface area (Å²) >= 11 is 1.61. The maximum Gasteiger partial charge on any atom is 0.218 e. The Hall–Kier alpha value is -1.69. The van der Waals surface area contributed by atoms with Crippen molar-refractivity contribution >= 4 is 17.2 Å². The maximum absolute atomic E-state index is 5.01. The number of nitrogens with one attached hydrogen (secondary N) is 1. The summed E-state index contributed by atoms with van der Waals surface area (Å²) in [6.07, 6.45) is 2.36. The molecule has 0 fully saturated rings. The number of thiazole rings is 1. The van der Waals surface area contributed by atoms with Gasteiger partial charge in [-0.1, -0.05) is 0 Å². The smallest absolute Gasteiger partial charge is 0.218 e. The molecule has 0 radical (unpaired) electrons. The Balaban J connectivity index is 1.85. The molecule has 0 aromatic carbocycles. The van der Waals surface area contributed by atoms with Crippen LogP contribution < -0.4 is 10.1 Å². The topological polar surface area (TPSA) is 59.9 Å². The first-order valence-corrected chi connectivity index (χ1v) is 5.80. The number of aromatic nitrogens is 3. The van der Waals surface area contributed by atoms with Gasteiger partial charge in [-0.2, -0.15) is 0 Å². The second-order valence-corrected chi connectivity index (χ2v) is 3.82. The number of anilines is 1. The molecule has 0 amide bonds.